The Labute approximate surface area is 146 Å². The predicted octanol–water partition coefficient (Wildman–Crippen LogP) is 4.66. The second-order valence-electron chi connectivity index (χ2n) is 7.11. The molecule has 4 atom stereocenters. The van der Waals surface area contributed by atoms with Crippen LogP contribution in [0.1, 0.15) is 44.5 Å². The number of ether oxygens (including phenoxy) is 1. The van der Waals surface area contributed by atoms with Crippen LogP contribution in [-0.2, 0) is 6.61 Å². The van der Waals surface area contributed by atoms with Crippen LogP contribution >= 0.6 is 12.2 Å². The van der Waals surface area contributed by atoms with Crippen LogP contribution in [0.15, 0.2) is 24.3 Å². The zero-order chi connectivity index (χ0) is 16.7. The van der Waals surface area contributed by atoms with Crippen LogP contribution in [0.25, 0.3) is 0 Å². The van der Waals surface area contributed by atoms with E-state index in [9.17, 15) is 4.39 Å². The van der Waals surface area contributed by atoms with Crippen molar-refractivity contribution < 1.29 is 9.13 Å². The molecular weight excluding hydrogens is 325 g/mol. The standard InChI is InChI=1S/C18H22FN3OS/c1-11(14-9-12-6-7-13(14)8-12)22-17(20-21-18(22)24)10-23-16-5-3-2-4-15(16)19/h2-5,11-14H,6-10H2,1H3,(H,21,24)/t11-,12+,13-,14+/m0/s1. The summed E-state index contributed by atoms with van der Waals surface area (Å²) in [5, 5.41) is 7.19. The molecule has 0 spiro atoms. The second-order valence-corrected chi connectivity index (χ2v) is 7.50. The van der Waals surface area contributed by atoms with Gasteiger partial charge in [0.25, 0.3) is 0 Å². The minimum atomic E-state index is -0.362. The third-order valence-corrected chi connectivity index (χ3v) is 6.08. The maximum atomic E-state index is 13.7. The highest BCUT2D eigenvalue weighted by Crippen LogP contribution is 2.52. The Morgan fingerprint density at radius 2 is 2.21 bits per heavy atom. The van der Waals surface area contributed by atoms with E-state index in [1.807, 2.05) is 0 Å². The summed E-state index contributed by atoms with van der Waals surface area (Å²) in [5.74, 6) is 2.97. The molecule has 2 saturated carbocycles. The highest BCUT2D eigenvalue weighted by atomic mass is 32.1. The van der Waals surface area contributed by atoms with E-state index >= 15 is 0 Å². The van der Waals surface area contributed by atoms with Crippen molar-refractivity contribution >= 4 is 12.2 Å². The van der Waals surface area contributed by atoms with Crippen LogP contribution < -0.4 is 4.74 Å². The number of rotatable bonds is 5. The SMILES string of the molecule is C[C@@H]([C@H]1C[C@@H]2CC[C@H]1C2)n1c(COc2ccccc2F)n[nH]c1=S. The van der Waals surface area contributed by atoms with Gasteiger partial charge in [0.05, 0.1) is 0 Å². The number of fused-ring (bicyclic) bond motifs is 2. The molecule has 1 heterocycles. The number of aromatic nitrogens is 3. The maximum Gasteiger partial charge on any atom is 0.195 e. The lowest BCUT2D eigenvalue weighted by atomic mass is 9.84. The molecule has 4 rings (SSSR count). The van der Waals surface area contributed by atoms with Gasteiger partial charge in [-0.15, -0.1) is 0 Å². The highest BCUT2D eigenvalue weighted by molar-refractivity contribution is 7.71. The van der Waals surface area contributed by atoms with Crippen molar-refractivity contribution in [2.45, 2.75) is 45.3 Å². The largest absolute Gasteiger partial charge is 0.483 e. The molecule has 0 radical (unpaired) electrons. The summed E-state index contributed by atoms with van der Waals surface area (Å²) >= 11 is 5.44. The third-order valence-electron chi connectivity index (χ3n) is 5.79. The molecule has 0 amide bonds. The number of nitrogens with one attached hydrogen (secondary N) is 1. The third kappa shape index (κ3) is 2.77. The Bertz CT molecular complexity index is 787. The van der Waals surface area contributed by atoms with E-state index in [0.717, 1.165) is 17.7 Å². The van der Waals surface area contributed by atoms with Gasteiger partial charge >= 0.3 is 0 Å². The van der Waals surface area contributed by atoms with Crippen LogP contribution in [-0.4, -0.2) is 14.8 Å². The van der Waals surface area contributed by atoms with Gasteiger partial charge in [-0.3, -0.25) is 9.67 Å². The highest BCUT2D eigenvalue weighted by Gasteiger charge is 2.42. The molecule has 2 aliphatic rings. The van der Waals surface area contributed by atoms with Gasteiger partial charge in [-0.25, -0.2) is 4.39 Å². The Morgan fingerprint density at radius 3 is 2.92 bits per heavy atom. The minimum Gasteiger partial charge on any atom is -0.483 e. The number of halogens is 1. The van der Waals surface area contributed by atoms with Crippen molar-refractivity contribution in [3.63, 3.8) is 0 Å². The first-order valence-electron chi connectivity index (χ1n) is 8.66. The van der Waals surface area contributed by atoms with Crippen molar-refractivity contribution in [3.8, 4) is 5.75 Å². The summed E-state index contributed by atoms with van der Waals surface area (Å²) in [6.07, 6.45) is 5.37. The first-order valence-corrected chi connectivity index (χ1v) is 9.07. The second kappa shape index (κ2) is 6.31. The number of hydrogen-bond acceptors (Lipinski definition) is 3. The smallest absolute Gasteiger partial charge is 0.195 e. The maximum absolute atomic E-state index is 13.7. The number of H-pyrrole nitrogens is 1. The Morgan fingerprint density at radius 1 is 1.38 bits per heavy atom. The number of para-hydroxylation sites is 1. The summed E-state index contributed by atoms with van der Waals surface area (Å²) < 4.78 is 22.0. The fourth-order valence-corrected chi connectivity index (χ4v) is 4.96. The molecular formula is C18H22FN3OS. The summed E-state index contributed by atoms with van der Waals surface area (Å²) in [5.41, 5.74) is 0. The van der Waals surface area contributed by atoms with Crippen LogP contribution in [0.5, 0.6) is 5.75 Å². The monoisotopic (exact) mass is 347 g/mol. The van der Waals surface area contributed by atoms with Gasteiger partial charge < -0.3 is 4.74 Å². The molecule has 1 aromatic heterocycles. The number of aromatic amines is 1. The molecule has 24 heavy (non-hydrogen) atoms. The number of nitrogens with zero attached hydrogens (tertiary/aromatic N) is 2. The Kier molecular flexibility index (Phi) is 4.16. The summed E-state index contributed by atoms with van der Waals surface area (Å²) in [4.78, 5) is 0. The molecule has 2 bridgehead atoms. The molecule has 2 aliphatic carbocycles. The van der Waals surface area contributed by atoms with E-state index in [4.69, 9.17) is 17.0 Å². The molecule has 0 aliphatic heterocycles. The van der Waals surface area contributed by atoms with E-state index in [-0.39, 0.29) is 18.2 Å². The van der Waals surface area contributed by atoms with E-state index in [1.54, 1.807) is 18.2 Å². The van der Waals surface area contributed by atoms with E-state index in [1.165, 1.54) is 31.7 Å². The van der Waals surface area contributed by atoms with Crippen molar-refractivity contribution in [1.82, 2.24) is 14.8 Å². The van der Waals surface area contributed by atoms with Crippen molar-refractivity contribution in [1.29, 1.82) is 0 Å². The van der Waals surface area contributed by atoms with Gasteiger partial charge in [0.15, 0.2) is 22.2 Å². The molecule has 1 N–H and O–H groups in total. The normalized spacial score (nSPS) is 26.7. The fourth-order valence-electron chi connectivity index (χ4n) is 4.64. The first kappa shape index (κ1) is 15.8. The van der Waals surface area contributed by atoms with Gasteiger partial charge in [0.2, 0.25) is 0 Å². The Hall–Kier alpha value is -1.69. The predicted molar refractivity (Wildman–Crippen MR) is 91.8 cm³/mol. The quantitative estimate of drug-likeness (QED) is 0.800. The van der Waals surface area contributed by atoms with Gasteiger partial charge in [-0.05, 0) is 68.3 Å². The topological polar surface area (TPSA) is 42.8 Å². The molecule has 6 heteroatoms. The lowest BCUT2D eigenvalue weighted by molar-refractivity contribution is 0.221. The average Bonchev–Trinajstić information content (AvgIpc) is 3.29. The number of benzene rings is 1. The van der Waals surface area contributed by atoms with Crippen molar-refractivity contribution in [2.24, 2.45) is 17.8 Å². The van der Waals surface area contributed by atoms with Gasteiger partial charge in [-0.1, -0.05) is 18.6 Å². The molecule has 2 fully saturated rings. The molecule has 2 aromatic rings. The fraction of sp³-hybridized carbons (Fsp3) is 0.556. The van der Waals surface area contributed by atoms with Gasteiger partial charge in [0, 0.05) is 6.04 Å². The number of hydrogen-bond donors (Lipinski definition) is 1. The zero-order valence-electron chi connectivity index (χ0n) is 13.7. The van der Waals surface area contributed by atoms with Crippen LogP contribution in [0.2, 0.25) is 0 Å². The van der Waals surface area contributed by atoms with E-state index in [2.05, 4.69) is 21.7 Å². The van der Waals surface area contributed by atoms with E-state index < -0.39 is 0 Å². The summed E-state index contributed by atoms with van der Waals surface area (Å²) in [6.45, 7) is 2.43. The zero-order valence-corrected chi connectivity index (χ0v) is 14.6. The van der Waals surface area contributed by atoms with Crippen LogP contribution in [0.3, 0.4) is 0 Å². The van der Waals surface area contributed by atoms with Crippen LogP contribution in [0, 0.1) is 28.3 Å². The molecule has 0 saturated heterocycles. The average molecular weight is 347 g/mol. The summed E-state index contributed by atoms with van der Waals surface area (Å²) in [6, 6.07) is 6.72. The van der Waals surface area contributed by atoms with Gasteiger partial charge in [-0.2, -0.15) is 5.10 Å². The lowest BCUT2D eigenvalue weighted by Gasteiger charge is -2.29. The molecule has 0 unspecified atom stereocenters. The van der Waals surface area contributed by atoms with E-state index in [0.29, 0.717) is 16.7 Å². The lowest BCUT2D eigenvalue weighted by Crippen LogP contribution is -2.24. The van der Waals surface area contributed by atoms with Crippen molar-refractivity contribution in [3.05, 3.63) is 40.7 Å². The first-order chi connectivity index (χ1) is 11.6. The molecule has 128 valence electrons. The Balaban J connectivity index is 1.53. The molecule has 4 nitrogen and oxygen atoms in total. The van der Waals surface area contributed by atoms with Crippen molar-refractivity contribution in [2.75, 3.05) is 0 Å². The molecule has 1 aromatic carbocycles. The summed E-state index contributed by atoms with van der Waals surface area (Å²) in [7, 11) is 0. The van der Waals surface area contributed by atoms with Gasteiger partial charge in [0.1, 0.15) is 6.61 Å². The van der Waals surface area contributed by atoms with Crippen LogP contribution in [0.4, 0.5) is 4.39 Å². The minimum absolute atomic E-state index is 0.208.